The number of fused-ring (bicyclic) bond motifs is 6. The number of benzene rings is 9. The molecule has 5 nitrogen and oxygen atoms in total. The molecule has 2 aromatic heterocycles. The van der Waals surface area contributed by atoms with Gasteiger partial charge in [0, 0.05) is 44.6 Å². The molecule has 5 heteroatoms. The van der Waals surface area contributed by atoms with Crippen molar-refractivity contribution in [2.24, 2.45) is 0 Å². The summed E-state index contributed by atoms with van der Waals surface area (Å²) in [6.07, 6.45) is 9.02. The summed E-state index contributed by atoms with van der Waals surface area (Å²) in [7, 11) is 0. The van der Waals surface area contributed by atoms with Gasteiger partial charge in [0.1, 0.15) is 0 Å². The van der Waals surface area contributed by atoms with Crippen molar-refractivity contribution in [1.82, 2.24) is 19.5 Å². The zero-order chi connectivity index (χ0) is 45.9. The van der Waals surface area contributed by atoms with E-state index in [1.54, 1.807) is 0 Å². The summed E-state index contributed by atoms with van der Waals surface area (Å²) < 4.78 is 2.41. The van der Waals surface area contributed by atoms with E-state index in [0.29, 0.717) is 17.5 Å². The fourth-order valence-electron chi connectivity index (χ4n) is 10.8. The Morgan fingerprint density at radius 2 is 0.855 bits per heavy atom. The van der Waals surface area contributed by atoms with Gasteiger partial charge in [-0.25, -0.2) is 15.0 Å². The fourth-order valence-corrected chi connectivity index (χ4v) is 10.8. The van der Waals surface area contributed by atoms with Crippen LogP contribution >= 0.6 is 0 Å². The zero-order valence-corrected chi connectivity index (χ0v) is 38.0. The molecule has 1 aliphatic heterocycles. The first-order valence-electron chi connectivity index (χ1n) is 23.6. The molecule has 2 aliphatic rings. The molecule has 0 bridgehead atoms. The molecule has 3 heterocycles. The molecule has 13 rings (SSSR count). The van der Waals surface area contributed by atoms with Crippen molar-refractivity contribution in [3.05, 3.63) is 254 Å². The molecular formula is C64H45N5. The fraction of sp³-hybridized carbons (Fsp3) is 0.0469. The van der Waals surface area contributed by atoms with Crippen LogP contribution in [-0.2, 0) is 0 Å². The van der Waals surface area contributed by atoms with Crippen LogP contribution in [0.4, 0.5) is 11.4 Å². The van der Waals surface area contributed by atoms with Gasteiger partial charge in [-0.2, -0.15) is 0 Å². The minimum atomic E-state index is -0.356. The van der Waals surface area contributed by atoms with Gasteiger partial charge in [0.2, 0.25) is 0 Å². The summed E-state index contributed by atoms with van der Waals surface area (Å²) >= 11 is 0. The third kappa shape index (κ3) is 6.81. The lowest BCUT2D eigenvalue weighted by atomic mass is 9.80. The van der Waals surface area contributed by atoms with E-state index in [9.17, 15) is 0 Å². The molecule has 0 fully saturated rings. The van der Waals surface area contributed by atoms with E-state index in [4.69, 9.17) is 15.0 Å². The molecule has 326 valence electrons. The smallest absolute Gasteiger partial charge is 0.166 e. The summed E-state index contributed by atoms with van der Waals surface area (Å²) in [6.45, 7) is 2.34. The van der Waals surface area contributed by atoms with E-state index >= 15 is 0 Å². The van der Waals surface area contributed by atoms with Crippen LogP contribution in [0.25, 0.3) is 95.0 Å². The number of hydrogen-bond donors (Lipinski definition) is 0. The Hall–Kier alpha value is -8.93. The van der Waals surface area contributed by atoms with Crippen molar-refractivity contribution in [2.45, 2.75) is 18.4 Å². The van der Waals surface area contributed by atoms with Gasteiger partial charge >= 0.3 is 0 Å². The standard InChI is InChI=1S/C64H45N5/c1-64-40-18-17-28-55(64)52-27-13-16-31-59(52)69(64)60-39-37-49(44-21-7-3-8-22-44)42-54(60)63-66-61(46-23-9-4-10-24-46)65-62(67-63)47-34-32-45(33-35-47)53-41-48(43-19-5-2-6-20-43)36-38-58(53)68-56-29-14-11-25-50(56)51-26-12-15-30-57(51)68/h2-42,55H,1H3. The molecule has 0 radical (unpaired) electrons. The number of allylic oxidation sites excluding steroid dienone is 2. The lowest BCUT2D eigenvalue weighted by Crippen LogP contribution is -2.42. The third-order valence-electron chi connectivity index (χ3n) is 14.1. The quantitative estimate of drug-likeness (QED) is 0.153. The maximum absolute atomic E-state index is 5.45. The number of para-hydroxylation sites is 3. The van der Waals surface area contributed by atoms with Crippen LogP contribution in [0.2, 0.25) is 0 Å². The lowest BCUT2D eigenvalue weighted by molar-refractivity contribution is 0.542. The van der Waals surface area contributed by atoms with Crippen molar-refractivity contribution in [3.63, 3.8) is 0 Å². The summed E-state index contributed by atoms with van der Waals surface area (Å²) in [5.41, 5.74) is 16.1. The van der Waals surface area contributed by atoms with E-state index in [0.717, 1.165) is 55.9 Å². The average Bonchev–Trinajstić information content (AvgIpc) is 3.90. The van der Waals surface area contributed by atoms with Crippen LogP contribution in [0.5, 0.6) is 0 Å². The largest absolute Gasteiger partial charge is 0.330 e. The molecule has 9 aromatic carbocycles. The molecule has 2 atom stereocenters. The zero-order valence-electron chi connectivity index (χ0n) is 38.0. The van der Waals surface area contributed by atoms with Crippen LogP contribution in [0.15, 0.2) is 249 Å². The van der Waals surface area contributed by atoms with Crippen molar-refractivity contribution >= 4 is 33.2 Å². The predicted octanol–water partition coefficient (Wildman–Crippen LogP) is 16.1. The first kappa shape index (κ1) is 40.4. The van der Waals surface area contributed by atoms with Gasteiger partial charge in [0.05, 0.1) is 27.9 Å². The highest BCUT2D eigenvalue weighted by Gasteiger charge is 2.47. The number of nitrogens with zero attached hydrogens (tertiary/aromatic N) is 5. The normalized spacial score (nSPS) is 16.0. The SMILES string of the molecule is CC12C=CC=CC1c1ccccc1N2c1ccc(-c2ccccc2)cc1-c1nc(-c2ccccc2)nc(-c2ccc(-c3cc(-c4ccccc4)ccc3-n3c4ccccc4c4ccccc43)cc2)n1. The van der Waals surface area contributed by atoms with Crippen LogP contribution in [0.3, 0.4) is 0 Å². The van der Waals surface area contributed by atoms with Gasteiger partial charge in [0.25, 0.3) is 0 Å². The molecule has 0 saturated carbocycles. The van der Waals surface area contributed by atoms with Gasteiger partial charge in [-0.05, 0) is 82.8 Å². The van der Waals surface area contributed by atoms with Gasteiger partial charge < -0.3 is 9.47 Å². The molecule has 0 spiro atoms. The Labute approximate surface area is 401 Å². The van der Waals surface area contributed by atoms with Gasteiger partial charge in [-0.15, -0.1) is 0 Å². The summed E-state index contributed by atoms with van der Waals surface area (Å²) in [4.78, 5) is 18.5. The second kappa shape index (κ2) is 16.4. The molecule has 2 unspecified atom stereocenters. The molecule has 0 amide bonds. The maximum Gasteiger partial charge on any atom is 0.166 e. The first-order valence-corrected chi connectivity index (χ1v) is 23.6. The van der Waals surface area contributed by atoms with Crippen molar-refractivity contribution in [1.29, 1.82) is 0 Å². The Kier molecular flexibility index (Phi) is 9.62. The van der Waals surface area contributed by atoms with Crippen molar-refractivity contribution in [2.75, 3.05) is 4.90 Å². The van der Waals surface area contributed by atoms with Crippen LogP contribution in [0.1, 0.15) is 18.4 Å². The highest BCUT2D eigenvalue weighted by Crippen LogP contribution is 2.55. The number of aromatic nitrogens is 4. The molecule has 1 aliphatic carbocycles. The predicted molar refractivity (Wildman–Crippen MR) is 285 cm³/mol. The van der Waals surface area contributed by atoms with Crippen molar-refractivity contribution < 1.29 is 0 Å². The minimum absolute atomic E-state index is 0.177. The lowest BCUT2D eigenvalue weighted by Gasteiger charge is -2.40. The summed E-state index contributed by atoms with van der Waals surface area (Å²) in [5, 5.41) is 2.46. The molecule has 11 aromatic rings. The van der Waals surface area contributed by atoms with Gasteiger partial charge in [0.15, 0.2) is 17.5 Å². The van der Waals surface area contributed by atoms with Crippen LogP contribution in [0, 0.1) is 0 Å². The monoisotopic (exact) mass is 883 g/mol. The number of rotatable bonds is 8. The van der Waals surface area contributed by atoms with Gasteiger partial charge in [-0.3, -0.25) is 0 Å². The van der Waals surface area contributed by atoms with Crippen LogP contribution < -0.4 is 4.90 Å². The number of anilines is 2. The third-order valence-corrected chi connectivity index (χ3v) is 14.1. The maximum atomic E-state index is 5.45. The van der Waals surface area contributed by atoms with E-state index < -0.39 is 0 Å². The first-order chi connectivity index (χ1) is 34.1. The Morgan fingerprint density at radius 1 is 0.377 bits per heavy atom. The summed E-state index contributed by atoms with van der Waals surface area (Å²) in [6, 6.07) is 80.0. The second-order valence-electron chi connectivity index (χ2n) is 18.2. The highest BCUT2D eigenvalue weighted by atomic mass is 15.2. The molecule has 0 saturated heterocycles. The molecular weight excluding hydrogens is 839 g/mol. The Balaban J connectivity index is 0.994. The average molecular weight is 884 g/mol. The van der Waals surface area contributed by atoms with Crippen molar-refractivity contribution in [3.8, 4) is 73.2 Å². The molecule has 0 N–H and O–H groups in total. The van der Waals surface area contributed by atoms with Crippen LogP contribution in [-0.4, -0.2) is 25.1 Å². The summed E-state index contributed by atoms with van der Waals surface area (Å²) in [5.74, 6) is 2.01. The number of hydrogen-bond acceptors (Lipinski definition) is 4. The van der Waals surface area contributed by atoms with E-state index in [-0.39, 0.29) is 11.5 Å². The van der Waals surface area contributed by atoms with E-state index in [1.165, 1.54) is 38.6 Å². The highest BCUT2D eigenvalue weighted by molar-refractivity contribution is 6.10. The van der Waals surface area contributed by atoms with Gasteiger partial charge in [-0.1, -0.05) is 206 Å². The Morgan fingerprint density at radius 3 is 1.49 bits per heavy atom. The Bertz CT molecular complexity index is 3740. The topological polar surface area (TPSA) is 46.8 Å². The second-order valence-corrected chi connectivity index (χ2v) is 18.2. The minimum Gasteiger partial charge on any atom is -0.330 e. The molecule has 69 heavy (non-hydrogen) atoms. The van der Waals surface area contributed by atoms with E-state index in [2.05, 4.69) is 247 Å². The van der Waals surface area contributed by atoms with E-state index in [1.807, 2.05) is 18.2 Å².